The molecule has 2 heterocycles. The molecule has 1 aliphatic heterocycles. The average Bonchev–Trinajstić information content (AvgIpc) is 2.88. The van der Waals surface area contributed by atoms with Gasteiger partial charge in [0.15, 0.2) is 0 Å². The Balaban J connectivity index is 1.71. The zero-order chi connectivity index (χ0) is 15.9. The maximum absolute atomic E-state index is 13.1. The molecule has 0 aliphatic carbocycles. The minimum Gasteiger partial charge on any atom is -0.342 e. The summed E-state index contributed by atoms with van der Waals surface area (Å²) in [5.41, 5.74) is 1.17. The average molecular weight is 315 g/mol. The second kappa shape index (κ2) is 5.26. The van der Waals surface area contributed by atoms with Gasteiger partial charge < -0.3 is 9.88 Å². The van der Waals surface area contributed by atoms with Gasteiger partial charge in [0.1, 0.15) is 11.6 Å². The molecule has 0 spiro atoms. The van der Waals surface area contributed by atoms with Crippen LogP contribution in [0.4, 0.5) is 17.6 Å². The maximum atomic E-state index is 13.1. The lowest BCUT2D eigenvalue weighted by molar-refractivity contribution is -0.186. The summed E-state index contributed by atoms with van der Waals surface area (Å²) in [5.74, 6) is -1.61. The lowest BCUT2D eigenvalue weighted by Gasteiger charge is -2.31. The Hall–Kier alpha value is -2.12. The molecule has 1 saturated heterocycles. The zero-order valence-corrected chi connectivity index (χ0v) is 11.5. The Morgan fingerprint density at radius 3 is 2.59 bits per heavy atom. The van der Waals surface area contributed by atoms with Crippen LogP contribution >= 0.6 is 0 Å². The monoisotopic (exact) mass is 315 g/mol. The van der Waals surface area contributed by atoms with Crippen LogP contribution in [-0.4, -0.2) is 40.0 Å². The van der Waals surface area contributed by atoms with Crippen molar-refractivity contribution >= 4 is 16.9 Å². The molecule has 3 rings (SSSR count). The van der Waals surface area contributed by atoms with Crippen LogP contribution in [0.15, 0.2) is 18.2 Å². The number of likely N-dealkylation sites (tertiary alicyclic amines) is 1. The highest BCUT2D eigenvalue weighted by molar-refractivity contribution is 5.82. The summed E-state index contributed by atoms with van der Waals surface area (Å²) >= 11 is 0. The molecule has 1 aliphatic rings. The summed E-state index contributed by atoms with van der Waals surface area (Å²) in [7, 11) is 0. The largest absolute Gasteiger partial charge is 0.471 e. The Morgan fingerprint density at radius 2 is 1.95 bits per heavy atom. The normalized spacial score (nSPS) is 17.2. The van der Waals surface area contributed by atoms with E-state index in [1.165, 1.54) is 12.1 Å². The smallest absolute Gasteiger partial charge is 0.342 e. The third-order valence-corrected chi connectivity index (χ3v) is 3.87. The van der Waals surface area contributed by atoms with Crippen molar-refractivity contribution in [3.05, 3.63) is 29.8 Å². The van der Waals surface area contributed by atoms with Crippen LogP contribution in [0.1, 0.15) is 24.6 Å². The molecule has 4 nitrogen and oxygen atoms in total. The number of fused-ring (bicyclic) bond motifs is 1. The van der Waals surface area contributed by atoms with Crippen LogP contribution in [0.5, 0.6) is 0 Å². The number of benzene rings is 1. The van der Waals surface area contributed by atoms with E-state index in [-0.39, 0.29) is 24.8 Å². The van der Waals surface area contributed by atoms with E-state index in [2.05, 4.69) is 9.97 Å². The molecule has 0 bridgehead atoms. The van der Waals surface area contributed by atoms with Gasteiger partial charge in [0.05, 0.1) is 11.0 Å². The number of halogens is 4. The number of nitrogens with one attached hydrogen (secondary N) is 1. The number of carbonyl (C=O) groups excluding carboxylic acids is 1. The van der Waals surface area contributed by atoms with Crippen molar-refractivity contribution in [3.8, 4) is 0 Å². The van der Waals surface area contributed by atoms with E-state index < -0.39 is 12.1 Å². The summed E-state index contributed by atoms with van der Waals surface area (Å²) in [6, 6.07) is 4.18. The zero-order valence-electron chi connectivity index (χ0n) is 11.5. The Kier molecular flexibility index (Phi) is 3.54. The molecule has 22 heavy (non-hydrogen) atoms. The molecule has 2 aromatic rings. The van der Waals surface area contributed by atoms with Gasteiger partial charge in [-0.25, -0.2) is 9.37 Å². The van der Waals surface area contributed by atoms with E-state index in [0.717, 1.165) is 4.90 Å². The van der Waals surface area contributed by atoms with Crippen molar-refractivity contribution in [2.45, 2.75) is 24.9 Å². The summed E-state index contributed by atoms with van der Waals surface area (Å²) in [4.78, 5) is 19.3. The summed E-state index contributed by atoms with van der Waals surface area (Å²) in [6.07, 6.45) is -4.04. The van der Waals surface area contributed by atoms with Crippen molar-refractivity contribution in [1.29, 1.82) is 0 Å². The van der Waals surface area contributed by atoms with Crippen molar-refractivity contribution in [3.63, 3.8) is 0 Å². The van der Waals surface area contributed by atoms with Crippen molar-refractivity contribution in [2.75, 3.05) is 13.1 Å². The standard InChI is InChI=1S/C14H13F4N3O/c15-9-1-2-10-11(7-9)20-12(19-10)8-3-5-21(6-4-8)13(22)14(16,17)18/h1-2,7-8H,3-6H2,(H,19,20). The van der Waals surface area contributed by atoms with E-state index >= 15 is 0 Å². The highest BCUT2D eigenvalue weighted by Gasteiger charge is 2.43. The van der Waals surface area contributed by atoms with Crippen molar-refractivity contribution < 1.29 is 22.4 Å². The Labute approximate surface area is 123 Å². The molecule has 0 radical (unpaired) electrons. The van der Waals surface area contributed by atoms with Crippen LogP contribution in [0, 0.1) is 5.82 Å². The molecular weight excluding hydrogens is 302 g/mol. The molecule has 0 saturated carbocycles. The molecule has 0 atom stereocenters. The van der Waals surface area contributed by atoms with Gasteiger partial charge in [-0.3, -0.25) is 4.79 Å². The van der Waals surface area contributed by atoms with Crippen LogP contribution < -0.4 is 0 Å². The van der Waals surface area contributed by atoms with E-state index in [0.29, 0.717) is 29.7 Å². The van der Waals surface area contributed by atoms with E-state index in [1.807, 2.05) is 0 Å². The highest BCUT2D eigenvalue weighted by atomic mass is 19.4. The number of alkyl halides is 3. The van der Waals surface area contributed by atoms with Crippen LogP contribution in [-0.2, 0) is 4.79 Å². The van der Waals surface area contributed by atoms with E-state index in [9.17, 15) is 22.4 Å². The fourth-order valence-electron chi connectivity index (χ4n) is 2.73. The number of amides is 1. The number of nitrogens with zero attached hydrogens (tertiary/aromatic N) is 2. The molecular formula is C14H13F4N3O. The molecule has 1 N–H and O–H groups in total. The second-order valence-electron chi connectivity index (χ2n) is 5.35. The lowest BCUT2D eigenvalue weighted by atomic mass is 9.96. The molecule has 1 aromatic carbocycles. The highest BCUT2D eigenvalue weighted by Crippen LogP contribution is 2.30. The number of aromatic amines is 1. The Bertz CT molecular complexity index is 702. The van der Waals surface area contributed by atoms with Gasteiger partial charge in [-0.1, -0.05) is 0 Å². The van der Waals surface area contributed by atoms with Gasteiger partial charge in [-0.05, 0) is 31.0 Å². The first-order valence-electron chi connectivity index (χ1n) is 6.86. The fraction of sp³-hybridized carbons (Fsp3) is 0.429. The lowest BCUT2D eigenvalue weighted by Crippen LogP contribution is -2.45. The van der Waals surface area contributed by atoms with Crippen LogP contribution in [0.3, 0.4) is 0 Å². The SMILES string of the molecule is O=C(N1CCC(c2nc3ccc(F)cc3[nH]2)CC1)C(F)(F)F. The molecule has 1 amide bonds. The number of hydrogen-bond acceptors (Lipinski definition) is 2. The molecule has 8 heteroatoms. The predicted molar refractivity (Wildman–Crippen MR) is 70.7 cm³/mol. The quantitative estimate of drug-likeness (QED) is 0.823. The Morgan fingerprint density at radius 1 is 1.27 bits per heavy atom. The van der Waals surface area contributed by atoms with Gasteiger partial charge in [0.2, 0.25) is 0 Å². The number of imidazole rings is 1. The fourth-order valence-corrected chi connectivity index (χ4v) is 2.73. The minimum absolute atomic E-state index is 0.0361. The predicted octanol–water partition coefficient (Wildman–Crippen LogP) is 2.97. The maximum Gasteiger partial charge on any atom is 0.471 e. The van der Waals surface area contributed by atoms with Gasteiger partial charge in [-0.2, -0.15) is 13.2 Å². The molecule has 0 unspecified atom stereocenters. The number of piperidine rings is 1. The summed E-state index contributed by atoms with van der Waals surface area (Å²) in [5, 5.41) is 0. The number of H-pyrrole nitrogens is 1. The topological polar surface area (TPSA) is 49.0 Å². The first-order valence-corrected chi connectivity index (χ1v) is 6.86. The number of hydrogen-bond donors (Lipinski definition) is 1. The van der Waals surface area contributed by atoms with Crippen LogP contribution in [0.2, 0.25) is 0 Å². The van der Waals surface area contributed by atoms with E-state index in [4.69, 9.17) is 0 Å². The van der Waals surface area contributed by atoms with E-state index in [1.54, 1.807) is 6.07 Å². The minimum atomic E-state index is -4.83. The molecule has 118 valence electrons. The van der Waals surface area contributed by atoms with Crippen LogP contribution in [0.25, 0.3) is 11.0 Å². The summed E-state index contributed by atoms with van der Waals surface area (Å²) in [6.45, 7) is 0.0723. The summed E-state index contributed by atoms with van der Waals surface area (Å²) < 4.78 is 50.3. The molecule has 1 fully saturated rings. The number of rotatable bonds is 1. The van der Waals surface area contributed by atoms with Gasteiger partial charge in [0, 0.05) is 19.0 Å². The van der Waals surface area contributed by atoms with Gasteiger partial charge >= 0.3 is 12.1 Å². The number of aromatic nitrogens is 2. The third-order valence-electron chi connectivity index (χ3n) is 3.87. The van der Waals surface area contributed by atoms with Gasteiger partial charge in [0.25, 0.3) is 0 Å². The number of carbonyl (C=O) groups is 1. The first kappa shape index (κ1) is 14.8. The van der Waals surface area contributed by atoms with Crippen molar-refractivity contribution in [1.82, 2.24) is 14.9 Å². The third kappa shape index (κ3) is 2.77. The van der Waals surface area contributed by atoms with Gasteiger partial charge in [-0.15, -0.1) is 0 Å². The first-order chi connectivity index (χ1) is 10.3. The molecule has 1 aromatic heterocycles. The van der Waals surface area contributed by atoms with Crippen molar-refractivity contribution in [2.24, 2.45) is 0 Å². The second-order valence-corrected chi connectivity index (χ2v) is 5.35.